The number of nitrogen functional groups attached to an aromatic ring is 1. The highest BCUT2D eigenvalue weighted by molar-refractivity contribution is 9.10. The summed E-state index contributed by atoms with van der Waals surface area (Å²) in [6.45, 7) is 0.192. The molecule has 0 aliphatic carbocycles. The number of nitrogens with zero attached hydrogens (tertiary/aromatic N) is 2. The maximum Gasteiger partial charge on any atom is 0.331 e. The zero-order valence-corrected chi connectivity index (χ0v) is 11.3. The van der Waals surface area contributed by atoms with Crippen LogP contribution in [0.1, 0.15) is 5.56 Å². The lowest BCUT2D eigenvalue weighted by atomic mass is 10.2. The smallest absolute Gasteiger partial charge is 0.331 e. The van der Waals surface area contributed by atoms with Crippen LogP contribution >= 0.6 is 15.9 Å². The molecule has 2 aromatic rings. The fraction of sp³-hybridized carbons (Fsp3) is 0.167. The van der Waals surface area contributed by atoms with Gasteiger partial charge in [0.25, 0.3) is 5.56 Å². The SMILES string of the molecule is Cn1cc(N)c(=O)n(Cc2ccccc2Br)c1=O. The van der Waals surface area contributed by atoms with Crippen molar-refractivity contribution in [3.05, 3.63) is 61.3 Å². The van der Waals surface area contributed by atoms with Crippen molar-refractivity contribution in [2.45, 2.75) is 6.54 Å². The molecule has 0 saturated heterocycles. The molecule has 0 unspecified atom stereocenters. The van der Waals surface area contributed by atoms with Gasteiger partial charge >= 0.3 is 5.69 Å². The zero-order valence-electron chi connectivity index (χ0n) is 9.76. The van der Waals surface area contributed by atoms with E-state index in [2.05, 4.69) is 15.9 Å². The van der Waals surface area contributed by atoms with E-state index in [-0.39, 0.29) is 17.9 Å². The van der Waals surface area contributed by atoms with Crippen molar-refractivity contribution in [3.8, 4) is 0 Å². The Morgan fingerprint density at radius 3 is 2.61 bits per heavy atom. The van der Waals surface area contributed by atoms with Gasteiger partial charge in [0.2, 0.25) is 0 Å². The predicted octanol–water partition coefficient (Wildman–Crippen LogP) is 0.940. The Labute approximate surface area is 112 Å². The van der Waals surface area contributed by atoms with Crippen LogP contribution in [0.25, 0.3) is 0 Å². The Hall–Kier alpha value is -1.82. The van der Waals surface area contributed by atoms with Gasteiger partial charge < -0.3 is 10.3 Å². The highest BCUT2D eigenvalue weighted by Crippen LogP contribution is 2.15. The second-order valence-electron chi connectivity index (χ2n) is 3.96. The van der Waals surface area contributed by atoms with Crippen LogP contribution in [0.15, 0.2) is 44.5 Å². The third-order valence-electron chi connectivity index (χ3n) is 2.64. The minimum Gasteiger partial charge on any atom is -0.393 e. The highest BCUT2D eigenvalue weighted by atomic mass is 79.9. The number of anilines is 1. The van der Waals surface area contributed by atoms with Gasteiger partial charge in [0.05, 0.1) is 6.54 Å². The first-order valence-corrected chi connectivity index (χ1v) is 6.09. The van der Waals surface area contributed by atoms with Crippen LogP contribution < -0.4 is 17.0 Å². The summed E-state index contributed by atoms with van der Waals surface area (Å²) >= 11 is 3.38. The Balaban J connectivity index is 2.57. The van der Waals surface area contributed by atoms with Crippen molar-refractivity contribution in [1.29, 1.82) is 0 Å². The van der Waals surface area contributed by atoms with Crippen LogP contribution in [0.5, 0.6) is 0 Å². The van der Waals surface area contributed by atoms with Crippen molar-refractivity contribution in [1.82, 2.24) is 9.13 Å². The molecule has 18 heavy (non-hydrogen) atoms. The van der Waals surface area contributed by atoms with E-state index in [1.165, 1.54) is 10.8 Å². The number of aryl methyl sites for hydroxylation is 1. The van der Waals surface area contributed by atoms with Crippen molar-refractivity contribution in [2.24, 2.45) is 7.05 Å². The number of hydrogen-bond donors (Lipinski definition) is 1. The molecule has 2 N–H and O–H groups in total. The molecule has 0 bridgehead atoms. The van der Waals surface area contributed by atoms with E-state index in [4.69, 9.17) is 5.73 Å². The van der Waals surface area contributed by atoms with Gasteiger partial charge in [-0.2, -0.15) is 0 Å². The number of rotatable bonds is 2. The second-order valence-corrected chi connectivity index (χ2v) is 4.81. The molecular formula is C12H12BrN3O2. The first-order valence-electron chi connectivity index (χ1n) is 5.30. The van der Waals surface area contributed by atoms with Crippen molar-refractivity contribution >= 4 is 21.6 Å². The van der Waals surface area contributed by atoms with Gasteiger partial charge in [0, 0.05) is 17.7 Å². The van der Waals surface area contributed by atoms with E-state index < -0.39 is 5.56 Å². The first-order chi connectivity index (χ1) is 8.50. The van der Waals surface area contributed by atoms with Crippen molar-refractivity contribution in [3.63, 3.8) is 0 Å². The standard InChI is InChI=1S/C12H12BrN3O2/c1-15-7-10(14)11(17)16(12(15)18)6-8-4-2-3-5-9(8)13/h2-5,7H,6,14H2,1H3. The average Bonchev–Trinajstić information content (AvgIpc) is 2.34. The number of hydrogen-bond acceptors (Lipinski definition) is 3. The van der Waals surface area contributed by atoms with Crippen LogP contribution in [0.3, 0.4) is 0 Å². The normalized spacial score (nSPS) is 10.6. The number of halogens is 1. The van der Waals surface area contributed by atoms with E-state index in [0.29, 0.717) is 0 Å². The first kappa shape index (κ1) is 12.6. The van der Waals surface area contributed by atoms with E-state index in [9.17, 15) is 9.59 Å². The fourth-order valence-corrected chi connectivity index (χ4v) is 2.10. The summed E-state index contributed by atoms with van der Waals surface area (Å²) in [6, 6.07) is 7.42. The Bertz CT molecular complexity index is 669. The van der Waals surface area contributed by atoms with Gasteiger partial charge in [-0.3, -0.25) is 9.36 Å². The van der Waals surface area contributed by atoms with E-state index in [1.54, 1.807) is 7.05 Å². The summed E-state index contributed by atoms with van der Waals surface area (Å²) in [4.78, 5) is 23.8. The Kier molecular flexibility index (Phi) is 3.38. The number of aromatic nitrogens is 2. The van der Waals surface area contributed by atoms with E-state index in [0.717, 1.165) is 14.6 Å². The molecule has 6 heteroatoms. The minimum atomic E-state index is -0.464. The molecular weight excluding hydrogens is 298 g/mol. The molecule has 0 saturated carbocycles. The molecule has 1 heterocycles. The molecule has 1 aromatic carbocycles. The summed E-state index contributed by atoms with van der Waals surface area (Å²) in [5.74, 6) is 0. The van der Waals surface area contributed by atoms with Crippen molar-refractivity contribution in [2.75, 3.05) is 5.73 Å². The third kappa shape index (κ3) is 2.24. The van der Waals surface area contributed by atoms with E-state index in [1.807, 2.05) is 24.3 Å². The molecule has 1 aromatic heterocycles. The number of benzene rings is 1. The van der Waals surface area contributed by atoms with Crippen LogP contribution in [-0.4, -0.2) is 9.13 Å². The lowest BCUT2D eigenvalue weighted by Crippen LogP contribution is -2.40. The molecule has 0 radical (unpaired) electrons. The molecule has 0 aliphatic rings. The summed E-state index contributed by atoms with van der Waals surface area (Å²) in [7, 11) is 1.56. The van der Waals surface area contributed by atoms with Crippen LogP contribution in [0.4, 0.5) is 5.69 Å². The van der Waals surface area contributed by atoms with Crippen LogP contribution in [0, 0.1) is 0 Å². The maximum absolute atomic E-state index is 11.9. The Morgan fingerprint density at radius 1 is 1.28 bits per heavy atom. The largest absolute Gasteiger partial charge is 0.393 e. The minimum absolute atomic E-state index is 0.0594. The average molecular weight is 310 g/mol. The Morgan fingerprint density at radius 2 is 1.94 bits per heavy atom. The van der Waals surface area contributed by atoms with Gasteiger partial charge in [0.1, 0.15) is 5.69 Å². The topological polar surface area (TPSA) is 70.0 Å². The van der Waals surface area contributed by atoms with Crippen molar-refractivity contribution < 1.29 is 0 Å². The molecule has 5 nitrogen and oxygen atoms in total. The third-order valence-corrected chi connectivity index (χ3v) is 3.42. The summed E-state index contributed by atoms with van der Waals surface area (Å²) in [5.41, 5.74) is 5.64. The summed E-state index contributed by atoms with van der Waals surface area (Å²) < 4.78 is 3.27. The lowest BCUT2D eigenvalue weighted by molar-refractivity contribution is 0.642. The fourth-order valence-electron chi connectivity index (χ4n) is 1.69. The summed E-state index contributed by atoms with van der Waals surface area (Å²) in [5, 5.41) is 0. The molecule has 0 atom stereocenters. The van der Waals surface area contributed by atoms with Crippen LogP contribution in [-0.2, 0) is 13.6 Å². The molecule has 94 valence electrons. The number of nitrogens with two attached hydrogens (primary N) is 1. The van der Waals surface area contributed by atoms with Gasteiger partial charge in [-0.1, -0.05) is 34.1 Å². The van der Waals surface area contributed by atoms with Crippen LogP contribution in [0.2, 0.25) is 0 Å². The predicted molar refractivity (Wildman–Crippen MR) is 73.6 cm³/mol. The monoisotopic (exact) mass is 309 g/mol. The zero-order chi connectivity index (χ0) is 13.3. The van der Waals surface area contributed by atoms with Gasteiger partial charge in [-0.15, -0.1) is 0 Å². The lowest BCUT2D eigenvalue weighted by Gasteiger charge is -2.09. The molecule has 0 fully saturated rings. The quantitative estimate of drug-likeness (QED) is 0.897. The molecule has 0 amide bonds. The second kappa shape index (κ2) is 4.81. The van der Waals surface area contributed by atoms with E-state index >= 15 is 0 Å². The van der Waals surface area contributed by atoms with Gasteiger partial charge in [-0.05, 0) is 11.6 Å². The molecule has 0 spiro atoms. The van der Waals surface area contributed by atoms with Gasteiger partial charge in [0.15, 0.2) is 0 Å². The highest BCUT2D eigenvalue weighted by Gasteiger charge is 2.09. The van der Waals surface area contributed by atoms with Gasteiger partial charge in [-0.25, -0.2) is 4.79 Å². The molecule has 2 rings (SSSR count). The molecule has 0 aliphatic heterocycles. The maximum atomic E-state index is 11.9. The summed E-state index contributed by atoms with van der Waals surface area (Å²) in [6.07, 6.45) is 1.33.